The van der Waals surface area contributed by atoms with E-state index in [2.05, 4.69) is 36.4 Å². The SMILES string of the molecule is CC(=O)OC[C@H](NC(=O)c1cnc(-c2ccc(NC(=O)OC(C)(C)C)cc2)s1)C(=O)OC(=O)[C@@H](N)CO[Si](c1ccccc1)(c1ccccc1)C(C)(C)C. The maximum absolute atomic E-state index is 13.3. The average Bonchev–Trinajstić information content (AvgIpc) is 3.60. The first-order valence-electron chi connectivity index (χ1n) is 17.2. The minimum Gasteiger partial charge on any atom is -0.463 e. The second-order valence-electron chi connectivity index (χ2n) is 14.4. The van der Waals surface area contributed by atoms with Crippen molar-refractivity contribution in [3.8, 4) is 10.6 Å². The minimum absolute atomic E-state index is 0.128. The van der Waals surface area contributed by atoms with Crippen molar-refractivity contribution in [1.29, 1.82) is 0 Å². The summed E-state index contributed by atoms with van der Waals surface area (Å²) in [7, 11) is -3.06. The number of nitrogens with two attached hydrogens (primary N) is 1. The lowest BCUT2D eigenvalue weighted by Crippen LogP contribution is -2.67. The van der Waals surface area contributed by atoms with Crippen LogP contribution in [0.3, 0.4) is 0 Å². The number of nitrogens with one attached hydrogen (secondary N) is 2. The zero-order chi connectivity index (χ0) is 39.7. The molecule has 0 aliphatic carbocycles. The Hall–Kier alpha value is -5.22. The summed E-state index contributed by atoms with van der Waals surface area (Å²) in [4.78, 5) is 67.9. The van der Waals surface area contributed by atoms with Crippen LogP contribution in [-0.2, 0) is 33.0 Å². The molecule has 0 aliphatic rings. The van der Waals surface area contributed by atoms with Gasteiger partial charge in [0.05, 0.1) is 12.8 Å². The number of hydrogen-bond acceptors (Lipinski definition) is 12. The first-order chi connectivity index (χ1) is 25.4. The Bertz CT molecular complexity index is 1890. The average molecular weight is 775 g/mol. The van der Waals surface area contributed by atoms with E-state index in [1.807, 2.05) is 60.7 Å². The van der Waals surface area contributed by atoms with E-state index in [1.54, 1.807) is 45.0 Å². The number of esters is 3. The highest BCUT2D eigenvalue weighted by Crippen LogP contribution is 2.37. The van der Waals surface area contributed by atoms with Crippen molar-refractivity contribution in [2.75, 3.05) is 18.5 Å². The molecule has 2 atom stereocenters. The number of aromatic nitrogens is 1. The number of carbonyl (C=O) groups is 5. The second kappa shape index (κ2) is 17.7. The van der Waals surface area contributed by atoms with E-state index in [0.717, 1.165) is 28.6 Å². The van der Waals surface area contributed by atoms with Crippen LogP contribution in [0.25, 0.3) is 10.6 Å². The van der Waals surface area contributed by atoms with Gasteiger partial charge in [-0.25, -0.2) is 19.4 Å². The fourth-order valence-electron chi connectivity index (χ4n) is 5.52. The molecule has 0 saturated heterocycles. The van der Waals surface area contributed by atoms with Crippen molar-refractivity contribution in [3.05, 3.63) is 96.0 Å². The summed E-state index contributed by atoms with van der Waals surface area (Å²) in [6.45, 7) is 11.8. The number of amides is 2. The van der Waals surface area contributed by atoms with E-state index in [1.165, 1.54) is 6.20 Å². The monoisotopic (exact) mass is 774 g/mol. The van der Waals surface area contributed by atoms with E-state index in [0.29, 0.717) is 16.3 Å². The molecule has 286 valence electrons. The standard InChI is InChI=1S/C39H46N4O9SSi/c1-25(44)49-24-31(43-33(45)32-22-41-34(53-32)26-18-20-27(21-19-26)42-37(48)52-38(2,3)4)36(47)51-35(46)30(40)23-50-54(39(5,6)7,28-14-10-8-11-15-28)29-16-12-9-13-17-29/h8-22,30-31H,23-24,40H2,1-7H3,(H,42,48)(H,43,45)/t30-,31-/m0/s1. The van der Waals surface area contributed by atoms with Crippen LogP contribution in [0.4, 0.5) is 10.5 Å². The number of carbonyl (C=O) groups excluding carboxylic acids is 5. The van der Waals surface area contributed by atoms with Crippen LogP contribution < -0.4 is 26.7 Å². The van der Waals surface area contributed by atoms with Crippen molar-refractivity contribution >= 4 is 65.6 Å². The molecule has 1 heterocycles. The molecular weight excluding hydrogens is 729 g/mol. The van der Waals surface area contributed by atoms with Crippen LogP contribution in [-0.4, -0.2) is 74.1 Å². The first-order valence-corrected chi connectivity index (χ1v) is 19.9. The van der Waals surface area contributed by atoms with Gasteiger partial charge in [-0.05, 0) is 60.4 Å². The van der Waals surface area contributed by atoms with Crippen molar-refractivity contribution in [2.24, 2.45) is 5.73 Å². The zero-order valence-electron chi connectivity index (χ0n) is 31.3. The van der Waals surface area contributed by atoms with Crippen LogP contribution >= 0.6 is 11.3 Å². The molecule has 0 bridgehead atoms. The Kier molecular flexibility index (Phi) is 13.6. The highest BCUT2D eigenvalue weighted by molar-refractivity contribution is 7.16. The number of ether oxygens (including phenoxy) is 3. The first kappa shape index (κ1) is 41.5. The van der Waals surface area contributed by atoms with Crippen LogP contribution in [0.2, 0.25) is 5.04 Å². The molecule has 0 fully saturated rings. The van der Waals surface area contributed by atoms with Gasteiger partial charge in [0.2, 0.25) is 0 Å². The predicted molar refractivity (Wildman–Crippen MR) is 208 cm³/mol. The number of nitrogens with zero attached hydrogens (tertiary/aromatic N) is 1. The molecule has 0 aliphatic heterocycles. The number of thiazole rings is 1. The van der Waals surface area contributed by atoms with Gasteiger partial charge in [-0.1, -0.05) is 81.4 Å². The molecule has 4 N–H and O–H groups in total. The molecule has 13 nitrogen and oxygen atoms in total. The van der Waals surface area contributed by atoms with Crippen LogP contribution in [0.15, 0.2) is 91.1 Å². The summed E-state index contributed by atoms with van der Waals surface area (Å²) < 4.78 is 22.1. The number of hydrogen-bond donors (Lipinski definition) is 3. The van der Waals surface area contributed by atoms with Crippen LogP contribution in [0.1, 0.15) is 58.1 Å². The lowest BCUT2D eigenvalue weighted by atomic mass is 10.2. The van der Waals surface area contributed by atoms with Crippen molar-refractivity contribution in [2.45, 2.75) is 71.2 Å². The largest absolute Gasteiger partial charge is 0.463 e. The molecule has 0 spiro atoms. The minimum atomic E-state index is -3.06. The Morgan fingerprint density at radius 3 is 1.91 bits per heavy atom. The predicted octanol–water partition coefficient (Wildman–Crippen LogP) is 4.79. The molecule has 0 unspecified atom stereocenters. The number of rotatable bonds is 13. The van der Waals surface area contributed by atoms with Crippen molar-refractivity contribution in [3.63, 3.8) is 0 Å². The molecule has 0 saturated carbocycles. The van der Waals surface area contributed by atoms with Gasteiger partial charge in [0.25, 0.3) is 14.2 Å². The number of anilines is 1. The molecular formula is C39H46N4O9SSi. The fraction of sp³-hybridized carbons (Fsp3) is 0.333. The molecule has 0 radical (unpaired) electrons. The van der Waals surface area contributed by atoms with Gasteiger partial charge in [-0.3, -0.25) is 14.9 Å². The number of benzene rings is 3. The third-order valence-corrected chi connectivity index (χ3v) is 14.0. The van der Waals surface area contributed by atoms with E-state index in [4.69, 9.17) is 24.4 Å². The topological polar surface area (TPSA) is 185 Å². The third kappa shape index (κ3) is 10.9. The Morgan fingerprint density at radius 1 is 0.815 bits per heavy atom. The highest BCUT2D eigenvalue weighted by Gasteiger charge is 2.50. The summed E-state index contributed by atoms with van der Waals surface area (Å²) in [6, 6.07) is 23.3. The van der Waals surface area contributed by atoms with E-state index in [-0.39, 0.29) is 11.5 Å². The van der Waals surface area contributed by atoms with Gasteiger partial charge in [-0.15, -0.1) is 11.3 Å². The van der Waals surface area contributed by atoms with Gasteiger partial charge in [0, 0.05) is 18.2 Å². The van der Waals surface area contributed by atoms with Gasteiger partial charge < -0.3 is 29.7 Å². The third-order valence-electron chi connectivity index (χ3n) is 7.95. The zero-order valence-corrected chi connectivity index (χ0v) is 33.2. The lowest BCUT2D eigenvalue weighted by Gasteiger charge is -2.43. The lowest BCUT2D eigenvalue weighted by molar-refractivity contribution is -0.163. The Balaban J connectivity index is 1.44. The van der Waals surface area contributed by atoms with Crippen LogP contribution in [0.5, 0.6) is 0 Å². The summed E-state index contributed by atoms with van der Waals surface area (Å²) >= 11 is 1.03. The van der Waals surface area contributed by atoms with Gasteiger partial charge in [0.1, 0.15) is 28.1 Å². The molecule has 54 heavy (non-hydrogen) atoms. The molecule has 4 rings (SSSR count). The van der Waals surface area contributed by atoms with E-state index >= 15 is 0 Å². The van der Waals surface area contributed by atoms with Gasteiger partial charge in [-0.2, -0.15) is 0 Å². The Labute approximate surface area is 319 Å². The van der Waals surface area contributed by atoms with Gasteiger partial charge >= 0.3 is 24.0 Å². The van der Waals surface area contributed by atoms with Crippen molar-refractivity contribution < 1.29 is 42.6 Å². The summed E-state index contributed by atoms with van der Waals surface area (Å²) in [5, 5.41) is 7.15. The molecule has 4 aromatic rings. The smallest absolute Gasteiger partial charge is 0.412 e. The molecule has 3 aromatic carbocycles. The van der Waals surface area contributed by atoms with Crippen LogP contribution in [0, 0.1) is 0 Å². The Morgan fingerprint density at radius 2 is 1.39 bits per heavy atom. The molecule has 1 aromatic heterocycles. The summed E-state index contributed by atoms with van der Waals surface area (Å²) in [5.74, 6) is -3.69. The molecule has 2 amide bonds. The highest BCUT2D eigenvalue weighted by atomic mass is 32.1. The van der Waals surface area contributed by atoms with Crippen molar-refractivity contribution in [1.82, 2.24) is 10.3 Å². The van der Waals surface area contributed by atoms with Gasteiger partial charge in [0.15, 0.2) is 6.04 Å². The normalized spacial score (nSPS) is 12.9. The van der Waals surface area contributed by atoms with E-state index in [9.17, 15) is 24.0 Å². The van der Waals surface area contributed by atoms with E-state index < -0.39 is 67.6 Å². The maximum Gasteiger partial charge on any atom is 0.412 e. The maximum atomic E-state index is 13.3. The fourth-order valence-corrected chi connectivity index (χ4v) is 10.9. The second-order valence-corrected chi connectivity index (χ2v) is 19.7. The quantitative estimate of drug-likeness (QED) is 0.0734. The summed E-state index contributed by atoms with van der Waals surface area (Å²) in [6.07, 6.45) is 0.720. The molecule has 15 heteroatoms. The summed E-state index contributed by atoms with van der Waals surface area (Å²) in [5.41, 5.74) is 6.77.